The standard InChI is InChI=1S/3C3H4O2.C3H7O.Ti/c3*1-2-3(4)5;1-3(2)4;/h3*2H,1H2,(H,4,5);3H,1-2H3;/q;;;-1;+4/p-3. The van der Waals surface area contributed by atoms with E-state index in [0.29, 0.717) is 0 Å². The molecule has 0 fully saturated rings. The van der Waals surface area contributed by atoms with Crippen LogP contribution in [0.2, 0.25) is 0 Å². The summed E-state index contributed by atoms with van der Waals surface area (Å²) in [6.07, 6.45) is 1.95. The number of carbonyl (C=O) groups is 3. The van der Waals surface area contributed by atoms with Gasteiger partial charge in [-0.3, -0.25) is 0 Å². The van der Waals surface area contributed by atoms with Gasteiger partial charge in [0.2, 0.25) is 0 Å². The fraction of sp³-hybridized carbons (Fsp3) is 0.250. The van der Waals surface area contributed by atoms with E-state index >= 15 is 0 Å². The molecule has 0 N–H and O–H groups in total. The Morgan fingerprint density at radius 1 is 0.850 bits per heavy atom. The van der Waals surface area contributed by atoms with Crippen molar-refractivity contribution in [3.05, 3.63) is 38.0 Å². The van der Waals surface area contributed by atoms with E-state index in [1.165, 1.54) is 0 Å². The van der Waals surface area contributed by atoms with E-state index in [1.54, 1.807) is 13.8 Å². The van der Waals surface area contributed by atoms with Crippen molar-refractivity contribution in [2.45, 2.75) is 20.0 Å². The molecule has 0 aromatic carbocycles. The molecular weight excluding hydrogens is 304 g/mol. The molecule has 0 aliphatic rings. The normalized spacial score (nSPS) is 10.3. The Labute approximate surface area is 122 Å². The van der Waals surface area contributed by atoms with E-state index in [1.807, 2.05) is 0 Å². The molecule has 0 aliphatic heterocycles. The van der Waals surface area contributed by atoms with Crippen LogP contribution in [0.4, 0.5) is 0 Å². The van der Waals surface area contributed by atoms with E-state index in [2.05, 4.69) is 19.7 Å². The molecule has 0 atom stereocenters. The molecule has 0 rings (SSSR count). The van der Waals surface area contributed by atoms with Gasteiger partial charge in [-0.25, -0.2) is 0 Å². The minimum atomic E-state index is -4.97. The average molecular weight is 320 g/mol. The zero-order chi connectivity index (χ0) is 15.8. The van der Waals surface area contributed by atoms with Gasteiger partial charge in [-0.2, -0.15) is 0 Å². The molecule has 0 bridgehead atoms. The molecule has 0 saturated heterocycles. The van der Waals surface area contributed by atoms with Gasteiger partial charge >= 0.3 is 122 Å². The summed E-state index contributed by atoms with van der Waals surface area (Å²) in [6.45, 7) is 12.8. The molecule has 0 aliphatic carbocycles. The number of hydrogen-bond donors (Lipinski definition) is 0. The summed E-state index contributed by atoms with van der Waals surface area (Å²) in [6, 6.07) is 0. The van der Waals surface area contributed by atoms with Crippen molar-refractivity contribution in [1.82, 2.24) is 0 Å². The summed E-state index contributed by atoms with van der Waals surface area (Å²) < 4.78 is 19.9. The molecule has 0 aromatic heterocycles. The molecular formula is C12H16O7Ti. The first-order valence-corrected chi connectivity index (χ1v) is 8.07. The first-order valence-electron chi connectivity index (χ1n) is 5.52. The van der Waals surface area contributed by atoms with Crippen molar-refractivity contribution in [3.63, 3.8) is 0 Å². The van der Waals surface area contributed by atoms with Crippen LogP contribution < -0.4 is 0 Å². The van der Waals surface area contributed by atoms with Crippen LogP contribution in [0.1, 0.15) is 13.8 Å². The fourth-order valence-corrected chi connectivity index (χ4v) is 3.78. The van der Waals surface area contributed by atoms with Crippen molar-refractivity contribution in [2.75, 3.05) is 0 Å². The van der Waals surface area contributed by atoms with Crippen molar-refractivity contribution < 1.29 is 45.8 Å². The van der Waals surface area contributed by atoms with Gasteiger partial charge in [0.05, 0.1) is 0 Å². The van der Waals surface area contributed by atoms with Crippen molar-refractivity contribution in [1.29, 1.82) is 0 Å². The Morgan fingerprint density at radius 2 is 1.15 bits per heavy atom. The third-order valence-electron chi connectivity index (χ3n) is 1.56. The monoisotopic (exact) mass is 320 g/mol. The predicted molar refractivity (Wildman–Crippen MR) is 65.1 cm³/mol. The molecule has 0 unspecified atom stereocenters. The molecule has 8 heteroatoms. The second kappa shape index (κ2) is 8.47. The van der Waals surface area contributed by atoms with Crippen LogP contribution >= 0.6 is 0 Å². The maximum atomic E-state index is 11.3. The van der Waals surface area contributed by atoms with E-state index in [9.17, 15) is 14.4 Å². The molecule has 0 amide bonds. The van der Waals surface area contributed by atoms with Crippen molar-refractivity contribution in [3.8, 4) is 0 Å². The second-order valence-corrected chi connectivity index (χ2v) is 6.43. The predicted octanol–water partition coefficient (Wildman–Crippen LogP) is 1.41. The van der Waals surface area contributed by atoms with E-state index in [-0.39, 0.29) is 0 Å². The van der Waals surface area contributed by atoms with Crippen LogP contribution in [0.3, 0.4) is 0 Å². The molecule has 0 saturated carbocycles. The Hall–Kier alpha value is -1.70. The van der Waals surface area contributed by atoms with Gasteiger partial charge in [0.15, 0.2) is 0 Å². The van der Waals surface area contributed by atoms with E-state index in [0.717, 1.165) is 18.2 Å². The van der Waals surface area contributed by atoms with E-state index in [4.69, 9.17) is 13.3 Å². The van der Waals surface area contributed by atoms with Gasteiger partial charge in [-0.05, 0) is 0 Å². The van der Waals surface area contributed by atoms with Crippen LogP contribution in [-0.2, 0) is 45.8 Å². The molecule has 110 valence electrons. The molecule has 0 aromatic rings. The third kappa shape index (κ3) is 6.46. The summed E-state index contributed by atoms with van der Waals surface area (Å²) in [5.74, 6) is -2.84. The van der Waals surface area contributed by atoms with Gasteiger partial charge in [0.25, 0.3) is 0 Å². The van der Waals surface area contributed by atoms with Gasteiger partial charge in [0.1, 0.15) is 0 Å². The third-order valence-corrected chi connectivity index (χ3v) is 4.86. The first-order chi connectivity index (χ1) is 9.28. The Bertz CT molecular complexity index is 372. The van der Waals surface area contributed by atoms with Gasteiger partial charge in [-0.15, -0.1) is 0 Å². The second-order valence-electron chi connectivity index (χ2n) is 3.54. The van der Waals surface area contributed by atoms with Gasteiger partial charge in [0, 0.05) is 0 Å². The summed E-state index contributed by atoms with van der Waals surface area (Å²) in [5.41, 5.74) is 0. The molecule has 0 heterocycles. The number of carbonyl (C=O) groups excluding carboxylic acids is 3. The van der Waals surface area contributed by atoms with Crippen molar-refractivity contribution >= 4 is 17.9 Å². The fourth-order valence-electron chi connectivity index (χ4n) is 0.918. The summed E-state index contributed by atoms with van der Waals surface area (Å²) in [7, 11) is 0. The summed E-state index contributed by atoms with van der Waals surface area (Å²) in [4.78, 5) is 34.0. The van der Waals surface area contributed by atoms with Crippen LogP contribution in [0, 0.1) is 0 Å². The Balaban J connectivity index is 5.45. The zero-order valence-electron chi connectivity index (χ0n) is 11.3. The van der Waals surface area contributed by atoms with Crippen LogP contribution in [0.25, 0.3) is 0 Å². The van der Waals surface area contributed by atoms with Gasteiger partial charge < -0.3 is 0 Å². The number of rotatable bonds is 8. The molecule has 0 spiro atoms. The Morgan fingerprint density at radius 3 is 1.35 bits per heavy atom. The maximum absolute atomic E-state index is 11.3. The van der Waals surface area contributed by atoms with Crippen LogP contribution in [0.5, 0.6) is 0 Å². The zero-order valence-corrected chi connectivity index (χ0v) is 12.9. The van der Waals surface area contributed by atoms with Crippen LogP contribution in [-0.4, -0.2) is 24.0 Å². The quantitative estimate of drug-likeness (QED) is 0.493. The Kier molecular flexibility index (Phi) is 7.75. The SMILES string of the molecule is C=CC(=O)[O][Ti]([O]C(=O)C=C)([O]C(=O)C=C)[O]C(C)C. The molecule has 7 nitrogen and oxygen atoms in total. The first kappa shape index (κ1) is 18.3. The summed E-state index contributed by atoms with van der Waals surface area (Å²) in [5, 5.41) is 0. The molecule has 0 radical (unpaired) electrons. The average Bonchev–Trinajstić information content (AvgIpc) is 2.36. The topological polar surface area (TPSA) is 88.1 Å². The molecule has 20 heavy (non-hydrogen) atoms. The van der Waals surface area contributed by atoms with E-state index < -0.39 is 42.2 Å². The van der Waals surface area contributed by atoms with Gasteiger partial charge in [-0.1, -0.05) is 0 Å². The van der Waals surface area contributed by atoms with Crippen LogP contribution in [0.15, 0.2) is 38.0 Å². The van der Waals surface area contributed by atoms with Crippen molar-refractivity contribution in [2.24, 2.45) is 0 Å². The minimum absolute atomic E-state index is 0.525. The number of hydrogen-bond acceptors (Lipinski definition) is 7. The summed E-state index contributed by atoms with van der Waals surface area (Å²) >= 11 is -4.97.